The van der Waals surface area contributed by atoms with Crippen molar-refractivity contribution in [3.05, 3.63) is 112 Å². The SMILES string of the molecule is CC(NC(=O)OCC1c2ccccc2-c2ccccc21)c1nc(C(=O)N(CC(=O)O)Cc2ccccc2)cs1. The third kappa shape index (κ3) is 5.83. The van der Waals surface area contributed by atoms with Gasteiger partial charge in [-0.1, -0.05) is 78.9 Å². The van der Waals surface area contributed by atoms with Gasteiger partial charge in [-0.05, 0) is 34.7 Å². The van der Waals surface area contributed by atoms with E-state index < -0.39 is 30.6 Å². The number of fused-ring (bicyclic) bond motifs is 3. The molecule has 3 aromatic carbocycles. The number of hydrogen-bond acceptors (Lipinski definition) is 6. The van der Waals surface area contributed by atoms with Gasteiger partial charge in [-0.2, -0.15) is 0 Å². The van der Waals surface area contributed by atoms with Crippen molar-refractivity contribution in [3.8, 4) is 11.1 Å². The summed E-state index contributed by atoms with van der Waals surface area (Å²) in [5.74, 6) is -1.65. The average Bonchev–Trinajstić information content (AvgIpc) is 3.55. The molecule has 0 radical (unpaired) electrons. The zero-order valence-electron chi connectivity index (χ0n) is 21.2. The largest absolute Gasteiger partial charge is 0.480 e. The van der Waals surface area contributed by atoms with E-state index in [9.17, 15) is 19.5 Å². The highest BCUT2D eigenvalue weighted by atomic mass is 32.1. The number of carbonyl (C=O) groups is 3. The summed E-state index contributed by atoms with van der Waals surface area (Å²) in [6, 6.07) is 24.9. The van der Waals surface area contributed by atoms with Crippen molar-refractivity contribution in [1.82, 2.24) is 15.2 Å². The quantitative estimate of drug-likeness (QED) is 0.291. The first-order valence-electron chi connectivity index (χ1n) is 12.5. The lowest BCUT2D eigenvalue weighted by Crippen LogP contribution is -2.35. The maximum Gasteiger partial charge on any atom is 0.407 e. The maximum atomic E-state index is 13.1. The van der Waals surface area contributed by atoms with Gasteiger partial charge in [0.15, 0.2) is 0 Å². The Labute approximate surface area is 229 Å². The molecular formula is C30H27N3O5S. The van der Waals surface area contributed by atoms with Crippen molar-refractivity contribution in [2.75, 3.05) is 13.2 Å². The Hall–Kier alpha value is -4.50. The monoisotopic (exact) mass is 541 g/mol. The number of carboxylic acids is 1. The number of carboxylic acid groups (broad SMARTS) is 1. The predicted molar refractivity (Wildman–Crippen MR) is 148 cm³/mol. The summed E-state index contributed by atoms with van der Waals surface area (Å²) in [6.45, 7) is 1.64. The number of benzene rings is 3. The lowest BCUT2D eigenvalue weighted by Gasteiger charge is -2.20. The van der Waals surface area contributed by atoms with Crippen LogP contribution in [0.3, 0.4) is 0 Å². The molecule has 2 amide bonds. The van der Waals surface area contributed by atoms with Gasteiger partial charge in [-0.15, -0.1) is 11.3 Å². The van der Waals surface area contributed by atoms with E-state index in [-0.39, 0.29) is 24.8 Å². The van der Waals surface area contributed by atoms with Gasteiger partial charge in [-0.25, -0.2) is 9.78 Å². The minimum atomic E-state index is -1.11. The molecule has 2 N–H and O–H groups in total. The fourth-order valence-electron chi connectivity index (χ4n) is 4.79. The van der Waals surface area contributed by atoms with Gasteiger partial charge >= 0.3 is 12.1 Å². The van der Waals surface area contributed by atoms with Crippen molar-refractivity contribution < 1.29 is 24.2 Å². The molecule has 0 bridgehead atoms. The molecule has 0 saturated carbocycles. The van der Waals surface area contributed by atoms with Crippen LogP contribution in [0.1, 0.15) is 51.1 Å². The molecule has 1 heterocycles. The summed E-state index contributed by atoms with van der Waals surface area (Å²) in [4.78, 5) is 42.8. The first-order valence-corrected chi connectivity index (χ1v) is 13.4. The summed E-state index contributed by atoms with van der Waals surface area (Å²) in [5.41, 5.74) is 5.51. The molecule has 0 fully saturated rings. The van der Waals surface area contributed by atoms with Crippen LogP contribution in [-0.4, -0.2) is 46.1 Å². The van der Waals surface area contributed by atoms with Crippen LogP contribution in [0.5, 0.6) is 0 Å². The smallest absolute Gasteiger partial charge is 0.407 e. The molecule has 5 rings (SSSR count). The highest BCUT2D eigenvalue weighted by Crippen LogP contribution is 2.44. The van der Waals surface area contributed by atoms with E-state index in [4.69, 9.17) is 4.74 Å². The average molecular weight is 542 g/mol. The Morgan fingerprint density at radius 3 is 2.23 bits per heavy atom. The molecule has 1 aliphatic rings. The molecule has 0 saturated heterocycles. The fourth-order valence-corrected chi connectivity index (χ4v) is 5.59. The van der Waals surface area contributed by atoms with Crippen molar-refractivity contribution in [1.29, 1.82) is 0 Å². The molecule has 9 heteroatoms. The van der Waals surface area contributed by atoms with Gasteiger partial charge < -0.3 is 20.1 Å². The minimum Gasteiger partial charge on any atom is -0.480 e. The van der Waals surface area contributed by atoms with Gasteiger partial charge in [0, 0.05) is 17.8 Å². The molecule has 39 heavy (non-hydrogen) atoms. The number of alkyl carbamates (subject to hydrolysis) is 1. The van der Waals surface area contributed by atoms with Crippen LogP contribution in [-0.2, 0) is 16.1 Å². The normalized spacial score (nSPS) is 12.7. The number of amides is 2. The molecule has 0 aliphatic heterocycles. The number of ether oxygens (including phenoxy) is 1. The van der Waals surface area contributed by atoms with Crippen LogP contribution >= 0.6 is 11.3 Å². The molecule has 1 aromatic heterocycles. The van der Waals surface area contributed by atoms with E-state index in [1.807, 2.05) is 54.6 Å². The number of rotatable bonds is 9. The van der Waals surface area contributed by atoms with E-state index in [2.05, 4.69) is 34.6 Å². The second kappa shape index (κ2) is 11.5. The van der Waals surface area contributed by atoms with Crippen molar-refractivity contribution in [2.45, 2.75) is 25.4 Å². The maximum absolute atomic E-state index is 13.1. The lowest BCUT2D eigenvalue weighted by atomic mass is 9.98. The number of aliphatic carboxylic acids is 1. The van der Waals surface area contributed by atoms with Gasteiger partial charge in [0.2, 0.25) is 0 Å². The van der Waals surface area contributed by atoms with Gasteiger partial charge in [0.05, 0.1) is 6.04 Å². The zero-order valence-corrected chi connectivity index (χ0v) is 22.1. The molecule has 198 valence electrons. The van der Waals surface area contributed by atoms with Crippen LogP contribution in [0, 0.1) is 0 Å². The standard InChI is InChI=1S/C30H27N3O5S/c1-19(28-32-26(18-39-28)29(36)33(16-27(34)35)15-20-9-3-2-4-10-20)31-30(37)38-17-25-23-13-7-5-11-21(23)22-12-6-8-14-24(22)25/h2-14,18-19,25H,15-17H2,1H3,(H,31,37)(H,34,35). The Morgan fingerprint density at radius 1 is 0.974 bits per heavy atom. The highest BCUT2D eigenvalue weighted by Gasteiger charge is 2.29. The number of hydrogen-bond donors (Lipinski definition) is 2. The van der Waals surface area contributed by atoms with Crippen LogP contribution in [0.25, 0.3) is 11.1 Å². The summed E-state index contributed by atoms with van der Waals surface area (Å²) in [6.07, 6.45) is -0.580. The summed E-state index contributed by atoms with van der Waals surface area (Å²) in [5, 5.41) is 14.2. The van der Waals surface area contributed by atoms with E-state index in [0.717, 1.165) is 27.8 Å². The first kappa shape index (κ1) is 26.1. The molecule has 1 aliphatic carbocycles. The Kier molecular flexibility index (Phi) is 7.69. The molecular weight excluding hydrogens is 514 g/mol. The van der Waals surface area contributed by atoms with E-state index in [1.165, 1.54) is 16.2 Å². The third-order valence-corrected chi connectivity index (χ3v) is 7.65. The topological polar surface area (TPSA) is 109 Å². The molecule has 4 aromatic rings. The van der Waals surface area contributed by atoms with E-state index in [1.54, 1.807) is 12.3 Å². The number of carbonyl (C=O) groups excluding carboxylic acids is 2. The molecule has 1 unspecified atom stereocenters. The summed E-state index contributed by atoms with van der Waals surface area (Å²) in [7, 11) is 0. The van der Waals surface area contributed by atoms with Crippen LogP contribution < -0.4 is 5.32 Å². The Balaban J connectivity index is 1.21. The van der Waals surface area contributed by atoms with Crippen LogP contribution in [0.2, 0.25) is 0 Å². The molecule has 1 atom stereocenters. The Bertz CT molecular complexity index is 1460. The predicted octanol–water partition coefficient (Wildman–Crippen LogP) is 5.47. The van der Waals surface area contributed by atoms with Gasteiger partial charge in [0.25, 0.3) is 5.91 Å². The Morgan fingerprint density at radius 2 is 1.59 bits per heavy atom. The molecule has 0 spiro atoms. The van der Waals surface area contributed by atoms with Gasteiger partial charge in [-0.3, -0.25) is 9.59 Å². The van der Waals surface area contributed by atoms with Crippen molar-refractivity contribution in [3.63, 3.8) is 0 Å². The van der Waals surface area contributed by atoms with E-state index >= 15 is 0 Å². The number of thiazole rings is 1. The zero-order chi connectivity index (χ0) is 27.4. The lowest BCUT2D eigenvalue weighted by molar-refractivity contribution is -0.137. The number of nitrogens with one attached hydrogen (secondary N) is 1. The fraction of sp³-hybridized carbons (Fsp3) is 0.200. The number of aromatic nitrogens is 1. The first-order chi connectivity index (χ1) is 18.9. The minimum absolute atomic E-state index is 0.0487. The molecule has 8 nitrogen and oxygen atoms in total. The van der Waals surface area contributed by atoms with Crippen LogP contribution in [0.15, 0.2) is 84.2 Å². The van der Waals surface area contributed by atoms with Crippen molar-refractivity contribution >= 4 is 29.3 Å². The van der Waals surface area contributed by atoms with Gasteiger partial charge in [0.1, 0.15) is 23.9 Å². The van der Waals surface area contributed by atoms with E-state index in [0.29, 0.717) is 5.01 Å². The van der Waals surface area contributed by atoms with Crippen molar-refractivity contribution in [2.24, 2.45) is 0 Å². The second-order valence-electron chi connectivity index (χ2n) is 9.30. The summed E-state index contributed by atoms with van der Waals surface area (Å²) >= 11 is 1.22. The number of nitrogens with zero attached hydrogens (tertiary/aromatic N) is 2. The highest BCUT2D eigenvalue weighted by molar-refractivity contribution is 7.09. The third-order valence-electron chi connectivity index (χ3n) is 6.62. The second-order valence-corrected chi connectivity index (χ2v) is 10.2. The summed E-state index contributed by atoms with van der Waals surface area (Å²) < 4.78 is 5.62. The van der Waals surface area contributed by atoms with Crippen LogP contribution in [0.4, 0.5) is 4.79 Å².